The lowest BCUT2D eigenvalue weighted by Crippen LogP contribution is -2.23. The molecule has 0 aliphatic carbocycles. The second kappa shape index (κ2) is 9.96. The molecule has 0 bridgehead atoms. The van der Waals surface area contributed by atoms with Gasteiger partial charge >= 0.3 is 0 Å². The van der Waals surface area contributed by atoms with E-state index in [0.29, 0.717) is 40.0 Å². The number of hydrogen-bond acceptors (Lipinski definition) is 6. The summed E-state index contributed by atoms with van der Waals surface area (Å²) in [7, 11) is 0.258. The van der Waals surface area contributed by atoms with Gasteiger partial charge in [-0.25, -0.2) is 9.50 Å². The van der Waals surface area contributed by atoms with Gasteiger partial charge in [-0.05, 0) is 30.3 Å². The van der Waals surface area contributed by atoms with E-state index in [9.17, 15) is 4.79 Å². The van der Waals surface area contributed by atoms with E-state index in [1.807, 2.05) is 0 Å². The molecule has 34 heavy (non-hydrogen) atoms. The van der Waals surface area contributed by atoms with Crippen LogP contribution in [0.4, 0.5) is 5.69 Å². The first-order chi connectivity index (χ1) is 16.3. The maximum atomic E-state index is 13.1. The Morgan fingerprint density at radius 3 is 2.88 bits per heavy atom. The van der Waals surface area contributed by atoms with Gasteiger partial charge in [-0.15, -0.1) is 0 Å². The smallest absolute Gasteiger partial charge is 0.261 e. The lowest BCUT2D eigenvalue weighted by molar-refractivity contribution is 0.0861. The zero-order valence-electron chi connectivity index (χ0n) is 19.5. The number of fused-ring (bicyclic) bond motifs is 1. The van der Waals surface area contributed by atoms with E-state index < -0.39 is 14.2 Å². The molecule has 11 heteroatoms. The quantitative estimate of drug-likeness (QED) is 0.321. The lowest BCUT2D eigenvalue weighted by Gasteiger charge is -2.23. The number of ether oxygens (including phenoxy) is 2. The van der Waals surface area contributed by atoms with E-state index in [2.05, 4.69) is 45.2 Å². The van der Waals surface area contributed by atoms with Crippen molar-refractivity contribution < 1.29 is 14.3 Å². The Kier molecular flexibility index (Phi) is 7.01. The molecule has 0 radical (unpaired) electrons. The maximum absolute atomic E-state index is 13.1. The summed E-state index contributed by atoms with van der Waals surface area (Å²) in [4.78, 5) is 17.4. The monoisotopic (exact) mass is 498 g/mol. The molecule has 3 aromatic heterocycles. The molecular formula is C23H27ClN6O3Si. The first-order valence-corrected chi connectivity index (χ1v) is 14.9. The van der Waals surface area contributed by atoms with Crippen molar-refractivity contribution >= 4 is 36.9 Å². The maximum Gasteiger partial charge on any atom is 0.261 e. The van der Waals surface area contributed by atoms with Crippen molar-refractivity contribution in [2.45, 2.75) is 31.8 Å². The van der Waals surface area contributed by atoms with Crippen LogP contribution in [0.2, 0.25) is 30.7 Å². The van der Waals surface area contributed by atoms with Gasteiger partial charge in [0.1, 0.15) is 17.4 Å². The van der Waals surface area contributed by atoms with Crippen molar-refractivity contribution in [3.05, 3.63) is 70.9 Å². The Labute approximate surface area is 203 Å². The third kappa shape index (κ3) is 5.30. The fourth-order valence-electron chi connectivity index (χ4n) is 3.49. The van der Waals surface area contributed by atoms with Gasteiger partial charge in [0.25, 0.3) is 5.91 Å². The van der Waals surface area contributed by atoms with E-state index in [0.717, 1.165) is 11.6 Å². The number of nitrogens with one attached hydrogen (secondary N) is 2. The van der Waals surface area contributed by atoms with Crippen LogP contribution in [-0.2, 0) is 4.74 Å². The highest BCUT2D eigenvalue weighted by molar-refractivity contribution is 6.76. The van der Waals surface area contributed by atoms with Crippen molar-refractivity contribution in [2.75, 3.05) is 19.0 Å². The van der Waals surface area contributed by atoms with Crippen LogP contribution >= 0.6 is 11.6 Å². The molecule has 9 nitrogen and oxygen atoms in total. The number of amides is 1. The average Bonchev–Trinajstić information content (AvgIpc) is 3.43. The molecule has 0 saturated heterocycles. The minimum atomic E-state index is -1.34. The number of aromatic amines is 1. The summed E-state index contributed by atoms with van der Waals surface area (Å²) in [6.07, 6.45) is 5.81. The summed E-state index contributed by atoms with van der Waals surface area (Å²) in [6, 6.07) is 8.08. The van der Waals surface area contributed by atoms with Gasteiger partial charge in [-0.1, -0.05) is 31.2 Å². The van der Waals surface area contributed by atoms with Gasteiger partial charge in [0.15, 0.2) is 5.65 Å². The summed E-state index contributed by atoms with van der Waals surface area (Å²) in [5.74, 6) is 0.274. The third-order valence-corrected chi connectivity index (χ3v) is 7.25. The molecule has 1 unspecified atom stereocenters. The number of methoxy groups -OCH3 is 1. The minimum Gasteiger partial charge on any atom is -0.496 e. The predicted octanol–water partition coefficient (Wildman–Crippen LogP) is 4.81. The second-order valence-electron chi connectivity index (χ2n) is 9.05. The van der Waals surface area contributed by atoms with Crippen molar-refractivity contribution in [3.63, 3.8) is 0 Å². The summed E-state index contributed by atoms with van der Waals surface area (Å²) in [5.41, 5.74) is 2.63. The summed E-state index contributed by atoms with van der Waals surface area (Å²) < 4.78 is 13.5. The van der Waals surface area contributed by atoms with Crippen LogP contribution in [0.15, 0.2) is 49.1 Å². The molecule has 0 aliphatic rings. The average molecular weight is 499 g/mol. The van der Waals surface area contributed by atoms with Gasteiger partial charge in [-0.3, -0.25) is 9.89 Å². The number of nitrogens with zero attached hydrogens (tertiary/aromatic N) is 4. The summed E-state index contributed by atoms with van der Waals surface area (Å²) in [5, 5.41) is 14.8. The summed E-state index contributed by atoms with van der Waals surface area (Å²) in [6.45, 7) is 7.41. The van der Waals surface area contributed by atoms with Crippen LogP contribution in [0, 0.1) is 0 Å². The number of anilines is 1. The fourth-order valence-corrected chi connectivity index (χ4v) is 4.41. The number of benzene rings is 1. The molecule has 0 saturated carbocycles. The highest BCUT2D eigenvalue weighted by Gasteiger charge is 2.27. The molecule has 1 amide bonds. The van der Waals surface area contributed by atoms with E-state index >= 15 is 0 Å². The minimum absolute atomic E-state index is 0.351. The van der Waals surface area contributed by atoms with Crippen LogP contribution in [0.1, 0.15) is 27.7 Å². The van der Waals surface area contributed by atoms with Gasteiger partial charge < -0.3 is 14.8 Å². The number of halogens is 1. The Balaban J connectivity index is 1.67. The Hall–Kier alpha value is -3.21. The molecule has 3 heterocycles. The van der Waals surface area contributed by atoms with Crippen molar-refractivity contribution in [2.24, 2.45) is 0 Å². The van der Waals surface area contributed by atoms with Crippen LogP contribution in [0.5, 0.6) is 5.75 Å². The van der Waals surface area contributed by atoms with Crippen LogP contribution < -0.4 is 10.1 Å². The zero-order valence-corrected chi connectivity index (χ0v) is 21.3. The van der Waals surface area contributed by atoms with Crippen LogP contribution in [0.3, 0.4) is 0 Å². The molecule has 0 fully saturated rings. The lowest BCUT2D eigenvalue weighted by atomic mass is 10.0. The Morgan fingerprint density at radius 1 is 1.29 bits per heavy atom. The SMILES string of the molecule is COc1ccc(Cl)cc1C(OCC[Si](C)(C)C)c1[nH]ncc1NC(=O)c1cnn2cccnc12. The fraction of sp³-hybridized carbons (Fsp3) is 0.304. The predicted molar refractivity (Wildman–Crippen MR) is 133 cm³/mol. The van der Waals surface area contributed by atoms with Gasteiger partial charge in [0, 0.05) is 37.7 Å². The first-order valence-electron chi connectivity index (χ1n) is 10.8. The Morgan fingerprint density at radius 2 is 2.12 bits per heavy atom. The highest BCUT2D eigenvalue weighted by Crippen LogP contribution is 2.37. The van der Waals surface area contributed by atoms with Gasteiger partial charge in [0.2, 0.25) is 0 Å². The number of carbonyl (C=O) groups is 1. The third-order valence-electron chi connectivity index (χ3n) is 5.31. The summed E-state index contributed by atoms with van der Waals surface area (Å²) >= 11 is 6.32. The first kappa shape index (κ1) is 23.9. The Bertz CT molecular complexity index is 1300. The molecule has 4 rings (SSSR count). The highest BCUT2D eigenvalue weighted by atomic mass is 35.5. The molecule has 1 atom stereocenters. The van der Waals surface area contributed by atoms with E-state index in [1.54, 1.807) is 54.5 Å². The molecule has 0 spiro atoms. The van der Waals surface area contributed by atoms with E-state index in [-0.39, 0.29) is 5.91 Å². The van der Waals surface area contributed by atoms with Crippen molar-refractivity contribution in [1.29, 1.82) is 0 Å². The zero-order chi connectivity index (χ0) is 24.3. The normalized spacial score (nSPS) is 12.6. The van der Waals surface area contributed by atoms with Gasteiger partial charge in [-0.2, -0.15) is 10.2 Å². The molecule has 4 aromatic rings. The van der Waals surface area contributed by atoms with Gasteiger partial charge in [0.05, 0.1) is 30.9 Å². The number of H-pyrrole nitrogens is 1. The molecule has 1 aromatic carbocycles. The van der Waals surface area contributed by atoms with Crippen molar-refractivity contribution in [1.82, 2.24) is 24.8 Å². The number of aromatic nitrogens is 5. The molecule has 2 N–H and O–H groups in total. The van der Waals surface area contributed by atoms with Crippen molar-refractivity contribution in [3.8, 4) is 5.75 Å². The molecular weight excluding hydrogens is 472 g/mol. The van der Waals surface area contributed by atoms with E-state index in [4.69, 9.17) is 21.1 Å². The second-order valence-corrected chi connectivity index (χ2v) is 15.1. The van der Waals surface area contributed by atoms with Crippen LogP contribution in [-0.4, -0.2) is 52.5 Å². The number of hydrogen-bond donors (Lipinski definition) is 2. The van der Waals surface area contributed by atoms with E-state index in [1.165, 1.54) is 6.20 Å². The largest absolute Gasteiger partial charge is 0.496 e. The number of rotatable bonds is 9. The van der Waals surface area contributed by atoms with Crippen LogP contribution in [0.25, 0.3) is 5.65 Å². The number of carbonyl (C=O) groups excluding carboxylic acids is 1. The topological polar surface area (TPSA) is 106 Å². The molecule has 0 aliphatic heterocycles. The standard InChI is InChI=1S/C23H27ClN6O3Si/c1-32-19-7-6-15(24)12-16(19)21(33-10-11-34(2,3)4)20-18(14-26-29-20)28-23(31)17-13-27-30-9-5-8-25-22(17)30/h5-9,12-14,21H,10-11H2,1-4H3,(H,26,29)(H,28,31). The molecule has 178 valence electrons.